The number of hydrogen-bond donors (Lipinski definition) is 1. The van der Waals surface area contributed by atoms with Crippen LogP contribution in [0.5, 0.6) is 0 Å². The number of carboxylic acid groups (broad SMARTS) is 1. The lowest BCUT2D eigenvalue weighted by Gasteiger charge is -2.03. The maximum Gasteiger partial charge on any atom is 0.307 e. The zero-order valence-corrected chi connectivity index (χ0v) is 9.45. The van der Waals surface area contributed by atoms with Gasteiger partial charge in [0.05, 0.1) is 16.5 Å². The van der Waals surface area contributed by atoms with Crippen molar-refractivity contribution in [3.8, 4) is 0 Å². The van der Waals surface area contributed by atoms with Gasteiger partial charge in [0.15, 0.2) is 0 Å². The van der Waals surface area contributed by atoms with Crippen LogP contribution in [0.15, 0.2) is 16.6 Å². The van der Waals surface area contributed by atoms with E-state index in [0.29, 0.717) is 15.6 Å². The number of aliphatic carboxylic acids is 1. The average molecular weight is 284 g/mol. The molecule has 70 valence electrons. The molecule has 0 bridgehead atoms. The van der Waals surface area contributed by atoms with Crippen molar-refractivity contribution in [3.63, 3.8) is 0 Å². The van der Waals surface area contributed by atoms with Crippen molar-refractivity contribution < 1.29 is 9.90 Å². The molecule has 2 nitrogen and oxygen atoms in total. The van der Waals surface area contributed by atoms with E-state index in [9.17, 15) is 4.79 Å². The molecule has 0 aliphatic carbocycles. The Kier molecular flexibility index (Phi) is 3.59. The van der Waals surface area contributed by atoms with Crippen LogP contribution in [0.1, 0.15) is 5.56 Å². The third kappa shape index (κ3) is 2.86. The van der Waals surface area contributed by atoms with Gasteiger partial charge in [-0.2, -0.15) is 0 Å². The predicted octanol–water partition coefficient (Wildman–Crippen LogP) is 3.38. The number of rotatable bonds is 2. The van der Waals surface area contributed by atoms with Gasteiger partial charge in [0.1, 0.15) is 0 Å². The lowest BCUT2D eigenvalue weighted by Crippen LogP contribution is -2.00. The second-order valence-corrected chi connectivity index (χ2v) is 4.13. The van der Waals surface area contributed by atoms with Crippen LogP contribution in [0.25, 0.3) is 0 Å². The summed E-state index contributed by atoms with van der Waals surface area (Å²) in [5.41, 5.74) is 0.508. The zero-order chi connectivity index (χ0) is 10.0. The van der Waals surface area contributed by atoms with Gasteiger partial charge in [-0.05, 0) is 17.7 Å². The highest BCUT2D eigenvalue weighted by Crippen LogP contribution is 2.30. The normalized spacial score (nSPS) is 10.1. The second-order valence-electron chi connectivity index (χ2n) is 2.43. The summed E-state index contributed by atoms with van der Waals surface area (Å²) in [7, 11) is 0. The van der Waals surface area contributed by atoms with Crippen LogP contribution in [0, 0.1) is 0 Å². The molecule has 0 fully saturated rings. The fourth-order valence-corrected chi connectivity index (χ4v) is 1.95. The summed E-state index contributed by atoms with van der Waals surface area (Å²) in [4.78, 5) is 10.4. The Labute approximate surface area is 93.6 Å². The van der Waals surface area contributed by atoms with Crippen LogP contribution in [-0.2, 0) is 11.2 Å². The molecular formula is C8H5BrCl2O2. The largest absolute Gasteiger partial charge is 0.481 e. The maximum absolute atomic E-state index is 10.4. The topological polar surface area (TPSA) is 37.3 Å². The molecule has 1 aromatic carbocycles. The van der Waals surface area contributed by atoms with Crippen molar-refractivity contribution >= 4 is 45.1 Å². The summed E-state index contributed by atoms with van der Waals surface area (Å²) in [6, 6.07) is 3.26. The van der Waals surface area contributed by atoms with Gasteiger partial charge in [-0.1, -0.05) is 39.1 Å². The maximum atomic E-state index is 10.4. The number of hydrogen-bond acceptors (Lipinski definition) is 1. The molecule has 1 rings (SSSR count). The van der Waals surface area contributed by atoms with E-state index in [1.54, 1.807) is 12.1 Å². The van der Waals surface area contributed by atoms with E-state index >= 15 is 0 Å². The van der Waals surface area contributed by atoms with E-state index < -0.39 is 5.97 Å². The summed E-state index contributed by atoms with van der Waals surface area (Å²) in [6.45, 7) is 0. The molecule has 0 saturated heterocycles. The van der Waals surface area contributed by atoms with Crippen LogP contribution >= 0.6 is 39.1 Å². The summed E-state index contributed by atoms with van der Waals surface area (Å²) in [5, 5.41) is 9.21. The van der Waals surface area contributed by atoms with Gasteiger partial charge in [0.2, 0.25) is 0 Å². The average Bonchev–Trinajstić information content (AvgIpc) is 1.98. The van der Waals surface area contributed by atoms with Gasteiger partial charge in [0, 0.05) is 4.47 Å². The van der Waals surface area contributed by atoms with Crippen LogP contribution < -0.4 is 0 Å². The molecule has 0 aliphatic rings. The van der Waals surface area contributed by atoms with E-state index in [-0.39, 0.29) is 6.42 Å². The summed E-state index contributed by atoms with van der Waals surface area (Å²) >= 11 is 14.7. The smallest absolute Gasteiger partial charge is 0.307 e. The molecule has 0 atom stereocenters. The Hall–Kier alpha value is -0.250. The van der Waals surface area contributed by atoms with Crippen molar-refractivity contribution in [3.05, 3.63) is 32.2 Å². The molecule has 1 N–H and O–H groups in total. The summed E-state index contributed by atoms with van der Waals surface area (Å²) in [6.07, 6.45) is -0.127. The third-order valence-electron chi connectivity index (χ3n) is 1.41. The molecule has 0 aromatic heterocycles. The zero-order valence-electron chi connectivity index (χ0n) is 6.35. The molecule has 5 heteroatoms. The minimum absolute atomic E-state index is 0.127. The monoisotopic (exact) mass is 282 g/mol. The lowest BCUT2D eigenvalue weighted by atomic mass is 10.1. The second kappa shape index (κ2) is 4.31. The van der Waals surface area contributed by atoms with Crippen molar-refractivity contribution in [1.29, 1.82) is 0 Å². The van der Waals surface area contributed by atoms with E-state index in [2.05, 4.69) is 15.9 Å². The number of carboxylic acids is 1. The molecule has 0 aliphatic heterocycles. The Morgan fingerprint density at radius 3 is 2.62 bits per heavy atom. The molecule has 13 heavy (non-hydrogen) atoms. The van der Waals surface area contributed by atoms with Crippen molar-refractivity contribution in [1.82, 2.24) is 0 Å². The van der Waals surface area contributed by atoms with Gasteiger partial charge in [0.25, 0.3) is 0 Å². The Morgan fingerprint density at radius 2 is 2.08 bits per heavy atom. The van der Waals surface area contributed by atoms with E-state index in [0.717, 1.165) is 4.47 Å². The first-order chi connectivity index (χ1) is 6.00. The summed E-state index contributed by atoms with van der Waals surface area (Å²) in [5.74, 6) is -0.934. The lowest BCUT2D eigenvalue weighted by molar-refractivity contribution is -0.136. The minimum Gasteiger partial charge on any atom is -0.481 e. The van der Waals surface area contributed by atoms with Gasteiger partial charge in [-0.25, -0.2) is 0 Å². The Bertz CT molecular complexity index is 352. The molecule has 1 aromatic rings. The van der Waals surface area contributed by atoms with E-state index in [1.165, 1.54) is 0 Å². The number of carbonyl (C=O) groups is 1. The first kappa shape index (κ1) is 10.8. The fraction of sp³-hybridized carbons (Fsp3) is 0.125. The third-order valence-corrected chi connectivity index (χ3v) is 2.71. The Morgan fingerprint density at radius 1 is 1.46 bits per heavy atom. The van der Waals surface area contributed by atoms with Crippen LogP contribution in [0.3, 0.4) is 0 Å². The highest BCUT2D eigenvalue weighted by atomic mass is 79.9. The van der Waals surface area contributed by atoms with Crippen LogP contribution in [-0.4, -0.2) is 11.1 Å². The van der Waals surface area contributed by atoms with Gasteiger partial charge < -0.3 is 5.11 Å². The standard InChI is InChI=1S/C8H5BrCl2O2/c9-5-1-4(2-7(12)13)8(11)6(10)3-5/h1,3H,2H2,(H,12,13). The molecule has 0 saturated carbocycles. The highest BCUT2D eigenvalue weighted by Gasteiger charge is 2.09. The van der Waals surface area contributed by atoms with E-state index in [4.69, 9.17) is 28.3 Å². The molecule has 0 spiro atoms. The predicted molar refractivity (Wildman–Crippen MR) is 55.5 cm³/mol. The molecule has 0 radical (unpaired) electrons. The van der Waals surface area contributed by atoms with Crippen molar-refractivity contribution in [2.45, 2.75) is 6.42 Å². The number of halogens is 3. The molecular weight excluding hydrogens is 279 g/mol. The van der Waals surface area contributed by atoms with Crippen LogP contribution in [0.4, 0.5) is 0 Å². The van der Waals surface area contributed by atoms with Crippen LogP contribution in [0.2, 0.25) is 10.0 Å². The van der Waals surface area contributed by atoms with Gasteiger partial charge in [-0.15, -0.1) is 0 Å². The quantitative estimate of drug-likeness (QED) is 0.845. The highest BCUT2D eigenvalue weighted by molar-refractivity contribution is 9.10. The molecule has 0 heterocycles. The Balaban J connectivity index is 3.12. The van der Waals surface area contributed by atoms with Gasteiger partial charge in [-0.3, -0.25) is 4.79 Å². The number of benzene rings is 1. The minimum atomic E-state index is -0.934. The molecule has 0 unspecified atom stereocenters. The molecule has 0 amide bonds. The van der Waals surface area contributed by atoms with Gasteiger partial charge >= 0.3 is 5.97 Å². The van der Waals surface area contributed by atoms with E-state index in [1.807, 2.05) is 0 Å². The van der Waals surface area contributed by atoms with Crippen molar-refractivity contribution in [2.24, 2.45) is 0 Å². The van der Waals surface area contributed by atoms with Crippen molar-refractivity contribution in [2.75, 3.05) is 0 Å². The summed E-state index contributed by atoms with van der Waals surface area (Å²) < 4.78 is 0.721. The first-order valence-corrected chi connectivity index (χ1v) is 4.91. The fourth-order valence-electron chi connectivity index (χ4n) is 0.901. The SMILES string of the molecule is O=C(O)Cc1cc(Br)cc(Cl)c1Cl. The first-order valence-electron chi connectivity index (χ1n) is 3.36.